The molecule has 2 amide bonds. The van der Waals surface area contributed by atoms with E-state index in [-0.39, 0.29) is 28.2 Å². The summed E-state index contributed by atoms with van der Waals surface area (Å²) in [6, 6.07) is 7.27. The van der Waals surface area contributed by atoms with Crippen LogP contribution in [0.15, 0.2) is 52.9 Å². The second kappa shape index (κ2) is 8.38. The van der Waals surface area contributed by atoms with Gasteiger partial charge >= 0.3 is 0 Å². The van der Waals surface area contributed by atoms with E-state index in [0.717, 1.165) is 24.0 Å². The Balaban J connectivity index is 1.51. The molecule has 1 unspecified atom stereocenters. The van der Waals surface area contributed by atoms with Gasteiger partial charge in [0.25, 0.3) is 11.8 Å². The maximum Gasteiger partial charge on any atom is 0.270 e. The van der Waals surface area contributed by atoms with E-state index in [1.165, 1.54) is 10.4 Å². The first-order valence-electron chi connectivity index (χ1n) is 9.31. The number of benzene rings is 1. The molecule has 3 N–H and O–H groups in total. The fourth-order valence-corrected chi connectivity index (χ4v) is 3.96. The molecule has 1 atom stereocenters. The quantitative estimate of drug-likeness (QED) is 0.598. The molecule has 0 radical (unpaired) electrons. The summed E-state index contributed by atoms with van der Waals surface area (Å²) in [7, 11) is 0. The van der Waals surface area contributed by atoms with Gasteiger partial charge in [0.05, 0.1) is 0 Å². The van der Waals surface area contributed by atoms with Crippen LogP contribution in [0.1, 0.15) is 28.8 Å². The molecule has 3 heterocycles. The SMILES string of the molecule is O=C(NC1CCOCC1)c1ccc(C2=CC=CN3C(=O)C(Br)=C(NF)NC23)cc1. The average Bonchev–Trinajstić information content (AvgIpc) is 2.76. The van der Waals surface area contributed by atoms with Gasteiger partial charge in [-0.3, -0.25) is 14.5 Å². The van der Waals surface area contributed by atoms with Crippen LogP contribution in [-0.4, -0.2) is 42.1 Å². The Labute approximate surface area is 175 Å². The smallest absolute Gasteiger partial charge is 0.270 e. The van der Waals surface area contributed by atoms with Crippen LogP contribution in [-0.2, 0) is 9.53 Å². The molecule has 4 rings (SSSR count). The molecule has 3 aliphatic rings. The maximum absolute atomic E-state index is 13.1. The molecule has 0 bridgehead atoms. The van der Waals surface area contributed by atoms with Crippen molar-refractivity contribution in [3.8, 4) is 0 Å². The molecule has 7 nitrogen and oxygen atoms in total. The molecule has 9 heteroatoms. The summed E-state index contributed by atoms with van der Waals surface area (Å²) in [5, 5.41) is 6.00. The number of rotatable bonds is 4. The maximum atomic E-state index is 13.1. The number of carbonyl (C=O) groups excluding carboxylic acids is 2. The van der Waals surface area contributed by atoms with Gasteiger partial charge in [-0.1, -0.05) is 18.2 Å². The van der Waals surface area contributed by atoms with Crippen molar-refractivity contribution in [1.82, 2.24) is 21.1 Å². The van der Waals surface area contributed by atoms with Gasteiger partial charge in [0.2, 0.25) is 0 Å². The highest BCUT2D eigenvalue weighted by Gasteiger charge is 2.35. The summed E-state index contributed by atoms with van der Waals surface area (Å²) < 4.78 is 18.5. The lowest BCUT2D eigenvalue weighted by atomic mass is 9.97. The first-order chi connectivity index (χ1) is 14.1. The second-order valence-corrected chi connectivity index (χ2v) is 7.74. The minimum absolute atomic E-state index is 0.0232. The van der Waals surface area contributed by atoms with E-state index >= 15 is 0 Å². The highest BCUT2D eigenvalue weighted by Crippen LogP contribution is 2.31. The molecular weight excluding hydrogens is 443 g/mol. The van der Waals surface area contributed by atoms with Crippen molar-refractivity contribution in [2.24, 2.45) is 0 Å². The Bertz CT molecular complexity index is 907. The van der Waals surface area contributed by atoms with E-state index in [1.54, 1.807) is 24.4 Å². The molecule has 0 aliphatic carbocycles. The van der Waals surface area contributed by atoms with Gasteiger partial charge in [-0.25, -0.2) is 5.54 Å². The molecule has 0 spiro atoms. The molecule has 152 valence electrons. The average molecular weight is 463 g/mol. The Hall–Kier alpha value is -2.65. The molecule has 3 aliphatic heterocycles. The summed E-state index contributed by atoms with van der Waals surface area (Å²) in [6.07, 6.45) is 6.31. The number of nitrogens with one attached hydrogen (secondary N) is 3. The highest BCUT2D eigenvalue weighted by molar-refractivity contribution is 9.12. The minimum atomic E-state index is -0.561. The van der Waals surface area contributed by atoms with Crippen molar-refractivity contribution in [2.75, 3.05) is 13.2 Å². The third-order valence-electron chi connectivity index (χ3n) is 5.15. The Kier molecular flexibility index (Phi) is 5.68. The van der Waals surface area contributed by atoms with Gasteiger partial charge in [-0.2, -0.15) is 0 Å². The number of nitrogens with zero attached hydrogens (tertiary/aromatic N) is 1. The van der Waals surface area contributed by atoms with E-state index in [4.69, 9.17) is 4.74 Å². The summed E-state index contributed by atoms with van der Waals surface area (Å²) >= 11 is 3.10. The number of hydrogen-bond acceptors (Lipinski definition) is 5. The zero-order valence-electron chi connectivity index (χ0n) is 15.5. The van der Waals surface area contributed by atoms with Crippen LogP contribution in [0, 0.1) is 0 Å². The van der Waals surface area contributed by atoms with Crippen molar-refractivity contribution in [2.45, 2.75) is 25.0 Å². The first kappa shape index (κ1) is 19.7. The number of halogens is 2. The number of amides is 2. The van der Waals surface area contributed by atoms with Crippen LogP contribution in [0.2, 0.25) is 0 Å². The van der Waals surface area contributed by atoms with Crippen LogP contribution >= 0.6 is 15.9 Å². The first-order valence-corrected chi connectivity index (χ1v) is 10.1. The normalized spacial score (nSPS) is 22.0. The second-order valence-electron chi connectivity index (χ2n) is 6.94. The monoisotopic (exact) mass is 462 g/mol. The van der Waals surface area contributed by atoms with Gasteiger partial charge in [-0.15, -0.1) is 4.48 Å². The molecule has 0 saturated carbocycles. The van der Waals surface area contributed by atoms with E-state index in [9.17, 15) is 14.1 Å². The lowest BCUT2D eigenvalue weighted by Gasteiger charge is -2.38. The summed E-state index contributed by atoms with van der Waals surface area (Å²) in [5.41, 5.74) is 3.68. The van der Waals surface area contributed by atoms with E-state index in [1.807, 2.05) is 18.2 Å². The Morgan fingerprint density at radius 3 is 2.66 bits per heavy atom. The summed E-state index contributed by atoms with van der Waals surface area (Å²) in [4.78, 5) is 26.4. The Morgan fingerprint density at radius 2 is 1.97 bits per heavy atom. The largest absolute Gasteiger partial charge is 0.381 e. The predicted octanol–water partition coefficient (Wildman–Crippen LogP) is 2.30. The van der Waals surface area contributed by atoms with Gasteiger partial charge in [-0.05, 0) is 52.5 Å². The van der Waals surface area contributed by atoms with Crippen LogP contribution in [0.3, 0.4) is 0 Å². The molecule has 1 saturated heterocycles. The van der Waals surface area contributed by atoms with E-state index < -0.39 is 6.17 Å². The topological polar surface area (TPSA) is 82.7 Å². The van der Waals surface area contributed by atoms with Crippen LogP contribution < -0.4 is 16.2 Å². The standard InChI is InChI=1S/C20H20BrFN4O3/c21-16-17(25-22)24-18-15(2-1-9-26(18)20(16)28)12-3-5-13(6-4-12)19(27)23-14-7-10-29-11-8-14/h1-6,9,14,18,24-25H,7-8,10-11H2,(H,23,27). The minimum Gasteiger partial charge on any atom is -0.381 e. The zero-order valence-corrected chi connectivity index (χ0v) is 17.0. The summed E-state index contributed by atoms with van der Waals surface area (Å²) in [6.45, 7) is 1.32. The van der Waals surface area contributed by atoms with Crippen LogP contribution in [0.4, 0.5) is 4.48 Å². The van der Waals surface area contributed by atoms with Crippen molar-refractivity contribution in [3.05, 3.63) is 64.0 Å². The third kappa shape index (κ3) is 3.92. The van der Waals surface area contributed by atoms with Crippen LogP contribution in [0.5, 0.6) is 0 Å². The van der Waals surface area contributed by atoms with Crippen molar-refractivity contribution in [3.63, 3.8) is 0 Å². The summed E-state index contributed by atoms with van der Waals surface area (Å²) in [5.74, 6) is -0.502. The lowest BCUT2D eigenvalue weighted by Crippen LogP contribution is -2.53. The molecule has 1 aromatic rings. The van der Waals surface area contributed by atoms with E-state index in [2.05, 4.69) is 26.6 Å². The fourth-order valence-electron chi connectivity index (χ4n) is 3.57. The lowest BCUT2D eigenvalue weighted by molar-refractivity contribution is -0.126. The number of ether oxygens (including phenoxy) is 1. The molecule has 0 aromatic heterocycles. The van der Waals surface area contributed by atoms with Crippen LogP contribution in [0.25, 0.3) is 5.57 Å². The molecular formula is C20H20BrFN4O3. The molecule has 29 heavy (non-hydrogen) atoms. The van der Waals surface area contributed by atoms with Crippen molar-refractivity contribution in [1.29, 1.82) is 0 Å². The van der Waals surface area contributed by atoms with Gasteiger partial charge < -0.3 is 15.4 Å². The zero-order chi connectivity index (χ0) is 20.4. The number of hydrogen-bond donors (Lipinski definition) is 3. The van der Waals surface area contributed by atoms with Crippen molar-refractivity contribution < 1.29 is 18.8 Å². The number of carbonyl (C=O) groups is 2. The van der Waals surface area contributed by atoms with Crippen molar-refractivity contribution >= 4 is 33.3 Å². The highest BCUT2D eigenvalue weighted by atomic mass is 79.9. The predicted molar refractivity (Wildman–Crippen MR) is 109 cm³/mol. The number of fused-ring (bicyclic) bond motifs is 1. The third-order valence-corrected chi connectivity index (χ3v) is 5.89. The Morgan fingerprint density at radius 1 is 1.24 bits per heavy atom. The van der Waals surface area contributed by atoms with Gasteiger partial charge in [0, 0.05) is 36.6 Å². The molecule has 1 aromatic carbocycles. The molecule has 1 fully saturated rings. The number of allylic oxidation sites excluding steroid dienone is 2. The fraction of sp³-hybridized carbons (Fsp3) is 0.300. The van der Waals surface area contributed by atoms with E-state index in [0.29, 0.717) is 18.8 Å². The van der Waals surface area contributed by atoms with Gasteiger partial charge in [0.1, 0.15) is 16.5 Å². The van der Waals surface area contributed by atoms with Gasteiger partial charge in [0.15, 0.2) is 0 Å².